The van der Waals surface area contributed by atoms with Crippen LogP contribution in [0.3, 0.4) is 0 Å². The highest BCUT2D eigenvalue weighted by atomic mass is 16.1. The molecule has 6 aromatic rings. The Labute approximate surface area is 207 Å². The molecule has 6 rings (SSSR count). The number of aromatic amines is 2. The van der Waals surface area contributed by atoms with E-state index in [1.165, 1.54) is 16.3 Å². The van der Waals surface area contributed by atoms with E-state index in [1.807, 2.05) is 48.5 Å². The zero-order valence-corrected chi connectivity index (χ0v) is 19.7. The summed E-state index contributed by atoms with van der Waals surface area (Å²) in [6, 6.07) is 26.1. The standard InChI is InChI=1S/C29H26N6O/c30-17-18-8-10-23-25(14-18)34-27(32-23)16-28-33-24-11-9-21(15-26(24)35-28)29(36)31-13-12-20-6-3-5-19-4-1-2-7-22(19)20/h1-11,14-15H,12-13,16-17,30H2,(H,31,36)(H,32,34)(H,33,35). The Balaban J connectivity index is 1.14. The molecule has 4 aromatic carbocycles. The van der Waals surface area contributed by atoms with Crippen LogP contribution in [0.15, 0.2) is 78.9 Å². The van der Waals surface area contributed by atoms with Gasteiger partial charge in [0.1, 0.15) is 11.6 Å². The number of aromatic nitrogens is 4. The minimum absolute atomic E-state index is 0.0960. The molecule has 1 amide bonds. The maximum atomic E-state index is 12.8. The van der Waals surface area contributed by atoms with Crippen LogP contribution in [-0.2, 0) is 19.4 Å². The predicted octanol–water partition coefficient (Wildman–Crippen LogP) is 4.61. The van der Waals surface area contributed by atoms with Gasteiger partial charge in [0, 0.05) is 18.7 Å². The van der Waals surface area contributed by atoms with Crippen LogP contribution in [0.25, 0.3) is 32.8 Å². The van der Waals surface area contributed by atoms with E-state index in [1.54, 1.807) is 0 Å². The summed E-state index contributed by atoms with van der Waals surface area (Å²) in [6.45, 7) is 1.06. The van der Waals surface area contributed by atoms with Crippen LogP contribution >= 0.6 is 0 Å². The maximum absolute atomic E-state index is 12.8. The van der Waals surface area contributed by atoms with Crippen molar-refractivity contribution in [2.75, 3.05) is 6.54 Å². The van der Waals surface area contributed by atoms with Gasteiger partial charge in [-0.2, -0.15) is 0 Å². The van der Waals surface area contributed by atoms with Crippen molar-refractivity contribution in [2.24, 2.45) is 5.73 Å². The van der Waals surface area contributed by atoms with Gasteiger partial charge in [0.25, 0.3) is 5.91 Å². The molecule has 0 aliphatic heterocycles. The van der Waals surface area contributed by atoms with Crippen LogP contribution in [0.4, 0.5) is 0 Å². The van der Waals surface area contributed by atoms with E-state index in [2.05, 4.69) is 55.6 Å². The molecule has 0 atom stereocenters. The zero-order valence-electron chi connectivity index (χ0n) is 19.7. The van der Waals surface area contributed by atoms with Crippen molar-refractivity contribution in [1.82, 2.24) is 25.3 Å². The third-order valence-corrected chi connectivity index (χ3v) is 6.52. The lowest BCUT2D eigenvalue weighted by atomic mass is 10.0. The van der Waals surface area contributed by atoms with Gasteiger partial charge in [0.2, 0.25) is 0 Å². The molecule has 2 heterocycles. The normalized spacial score (nSPS) is 11.5. The van der Waals surface area contributed by atoms with Crippen molar-refractivity contribution in [3.05, 3.63) is 107 Å². The second-order valence-corrected chi connectivity index (χ2v) is 8.98. The largest absolute Gasteiger partial charge is 0.352 e. The molecule has 0 unspecified atom stereocenters. The van der Waals surface area contributed by atoms with E-state index in [-0.39, 0.29) is 5.91 Å². The number of carbonyl (C=O) groups is 1. The van der Waals surface area contributed by atoms with Crippen molar-refractivity contribution < 1.29 is 4.79 Å². The number of imidazole rings is 2. The van der Waals surface area contributed by atoms with Crippen molar-refractivity contribution >= 4 is 38.7 Å². The summed E-state index contributed by atoms with van der Waals surface area (Å²) in [4.78, 5) is 28.8. The molecule has 0 saturated heterocycles. The van der Waals surface area contributed by atoms with Crippen LogP contribution in [0.2, 0.25) is 0 Å². The summed E-state index contributed by atoms with van der Waals surface area (Å²) in [5.41, 5.74) is 12.2. The van der Waals surface area contributed by atoms with Gasteiger partial charge in [-0.3, -0.25) is 4.79 Å². The molecule has 7 nitrogen and oxygen atoms in total. The van der Waals surface area contributed by atoms with Crippen molar-refractivity contribution in [2.45, 2.75) is 19.4 Å². The Morgan fingerprint density at radius 3 is 2.36 bits per heavy atom. The highest BCUT2D eigenvalue weighted by Gasteiger charge is 2.11. The molecule has 0 aliphatic rings. The first-order valence-corrected chi connectivity index (χ1v) is 12.1. The number of hydrogen-bond donors (Lipinski definition) is 4. The van der Waals surface area contributed by atoms with Gasteiger partial charge < -0.3 is 21.0 Å². The smallest absolute Gasteiger partial charge is 0.251 e. The van der Waals surface area contributed by atoms with Gasteiger partial charge >= 0.3 is 0 Å². The van der Waals surface area contributed by atoms with Crippen LogP contribution in [0, 0.1) is 0 Å². The summed E-state index contributed by atoms with van der Waals surface area (Å²) in [5, 5.41) is 5.49. The lowest BCUT2D eigenvalue weighted by molar-refractivity contribution is 0.0954. The Kier molecular flexibility index (Phi) is 5.67. The molecule has 0 fully saturated rings. The summed E-state index contributed by atoms with van der Waals surface area (Å²) < 4.78 is 0. The van der Waals surface area contributed by atoms with Crippen LogP contribution in [-0.4, -0.2) is 32.4 Å². The number of nitrogens with one attached hydrogen (secondary N) is 3. The van der Waals surface area contributed by atoms with E-state index < -0.39 is 0 Å². The van der Waals surface area contributed by atoms with Gasteiger partial charge in [0.05, 0.1) is 28.5 Å². The van der Waals surface area contributed by atoms with Crippen LogP contribution < -0.4 is 11.1 Å². The number of hydrogen-bond acceptors (Lipinski definition) is 4. The fourth-order valence-electron chi connectivity index (χ4n) is 4.69. The lowest BCUT2D eigenvalue weighted by Crippen LogP contribution is -2.25. The molecule has 0 spiro atoms. The summed E-state index contributed by atoms with van der Waals surface area (Å²) in [5.74, 6) is 1.52. The summed E-state index contributed by atoms with van der Waals surface area (Å²) in [7, 11) is 0. The Morgan fingerprint density at radius 1 is 0.833 bits per heavy atom. The summed E-state index contributed by atoms with van der Waals surface area (Å²) >= 11 is 0. The van der Waals surface area contributed by atoms with E-state index in [0.29, 0.717) is 25.1 Å². The van der Waals surface area contributed by atoms with Crippen molar-refractivity contribution in [3.63, 3.8) is 0 Å². The minimum Gasteiger partial charge on any atom is -0.352 e. The first-order chi connectivity index (χ1) is 17.7. The van der Waals surface area contributed by atoms with Gasteiger partial charge in [-0.05, 0) is 58.7 Å². The van der Waals surface area contributed by atoms with Crippen molar-refractivity contribution in [1.29, 1.82) is 0 Å². The molecule has 2 aromatic heterocycles. The highest BCUT2D eigenvalue weighted by molar-refractivity contribution is 5.97. The number of fused-ring (bicyclic) bond motifs is 3. The Morgan fingerprint density at radius 2 is 1.56 bits per heavy atom. The van der Waals surface area contributed by atoms with Crippen molar-refractivity contribution in [3.8, 4) is 0 Å². The highest BCUT2D eigenvalue weighted by Crippen LogP contribution is 2.20. The average molecular weight is 475 g/mol. The first kappa shape index (κ1) is 22.0. The lowest BCUT2D eigenvalue weighted by Gasteiger charge is -2.08. The topological polar surface area (TPSA) is 112 Å². The molecule has 7 heteroatoms. The fourth-order valence-corrected chi connectivity index (χ4v) is 4.69. The third-order valence-electron chi connectivity index (χ3n) is 6.52. The quantitative estimate of drug-likeness (QED) is 0.271. The first-order valence-electron chi connectivity index (χ1n) is 12.1. The molecule has 0 aliphatic carbocycles. The van der Waals surface area contributed by atoms with Gasteiger partial charge in [-0.1, -0.05) is 48.5 Å². The predicted molar refractivity (Wildman–Crippen MR) is 143 cm³/mol. The Bertz CT molecular complexity index is 1710. The molecular weight excluding hydrogens is 448 g/mol. The molecule has 0 radical (unpaired) electrons. The van der Waals surface area contributed by atoms with Gasteiger partial charge in [0.15, 0.2) is 0 Å². The molecular formula is C29H26N6O. The maximum Gasteiger partial charge on any atom is 0.251 e. The second-order valence-electron chi connectivity index (χ2n) is 8.98. The van der Waals surface area contributed by atoms with Crippen LogP contribution in [0.1, 0.15) is 33.1 Å². The molecule has 178 valence electrons. The van der Waals surface area contributed by atoms with Gasteiger partial charge in [-0.25, -0.2) is 9.97 Å². The number of benzene rings is 4. The van der Waals surface area contributed by atoms with Gasteiger partial charge in [-0.15, -0.1) is 0 Å². The molecule has 36 heavy (non-hydrogen) atoms. The fraction of sp³-hybridized carbons (Fsp3) is 0.138. The van der Waals surface area contributed by atoms with E-state index in [4.69, 9.17) is 5.73 Å². The second kappa shape index (κ2) is 9.28. The van der Waals surface area contributed by atoms with E-state index in [9.17, 15) is 4.79 Å². The number of carbonyl (C=O) groups excluding carboxylic acids is 1. The number of nitrogens with zero attached hydrogens (tertiary/aromatic N) is 2. The number of amides is 1. The molecule has 0 bridgehead atoms. The van der Waals surface area contributed by atoms with Crippen LogP contribution in [0.5, 0.6) is 0 Å². The third kappa shape index (κ3) is 4.32. The molecule has 5 N–H and O–H groups in total. The minimum atomic E-state index is -0.0960. The monoisotopic (exact) mass is 474 g/mol. The Hall–Kier alpha value is -4.49. The average Bonchev–Trinajstić information content (AvgIpc) is 3.50. The number of H-pyrrole nitrogens is 2. The number of nitrogens with two attached hydrogens (primary N) is 1. The van der Waals surface area contributed by atoms with E-state index >= 15 is 0 Å². The van der Waals surface area contributed by atoms with E-state index in [0.717, 1.165) is 45.7 Å². The summed E-state index contributed by atoms with van der Waals surface area (Å²) in [6.07, 6.45) is 1.31. The number of rotatable bonds is 7. The molecule has 0 saturated carbocycles. The SMILES string of the molecule is NCc1ccc2nc(Cc3nc4ccc(C(=O)NCCc5cccc6ccccc56)cc4[nH]3)[nH]c2c1. The zero-order chi connectivity index (χ0) is 24.5.